The summed E-state index contributed by atoms with van der Waals surface area (Å²) in [5.41, 5.74) is 0. The van der Waals surface area contributed by atoms with Gasteiger partial charge >= 0.3 is 17.9 Å². The summed E-state index contributed by atoms with van der Waals surface area (Å²) < 4.78 is 17.0. The fourth-order valence-electron chi connectivity index (χ4n) is 10.6. The summed E-state index contributed by atoms with van der Waals surface area (Å²) in [5, 5.41) is 0. The Labute approximate surface area is 510 Å². The SMILES string of the molecule is CC/C=C\C/C=C\C/C=C\C/C=C\C/C=C\CCCCCC(=O)OC(COC(=O)CCCCCCCCCCCCCCCC)COC(=O)CCCCCCCCCCCCCCCCCCCCC/C=C\CCCCCCCCCC. The second kappa shape index (κ2) is 70.3. The largest absolute Gasteiger partial charge is 0.462 e. The number of allylic oxidation sites excluding steroid dienone is 12. The van der Waals surface area contributed by atoms with Gasteiger partial charge in [-0.2, -0.15) is 0 Å². The van der Waals surface area contributed by atoms with Crippen LogP contribution in [0.2, 0.25) is 0 Å². The Morgan fingerprint density at radius 2 is 0.476 bits per heavy atom. The summed E-state index contributed by atoms with van der Waals surface area (Å²) in [6.07, 6.45) is 92.3. The number of hydrogen-bond donors (Lipinski definition) is 0. The summed E-state index contributed by atoms with van der Waals surface area (Å²) in [5.74, 6) is -0.895. The normalized spacial score (nSPS) is 12.5. The predicted molar refractivity (Wildman–Crippen MR) is 358 cm³/mol. The fraction of sp³-hybridized carbons (Fsp3) is 0.803. The molecule has 1 atom stereocenters. The highest BCUT2D eigenvalue weighted by Gasteiger charge is 2.19. The van der Waals surface area contributed by atoms with Gasteiger partial charge in [0, 0.05) is 19.3 Å². The minimum atomic E-state index is -0.792. The summed E-state index contributed by atoms with van der Waals surface area (Å²) in [6, 6.07) is 0. The molecule has 0 fully saturated rings. The summed E-state index contributed by atoms with van der Waals surface area (Å²) >= 11 is 0. The van der Waals surface area contributed by atoms with Crippen molar-refractivity contribution in [1.82, 2.24) is 0 Å². The first-order chi connectivity index (χ1) is 40.5. The van der Waals surface area contributed by atoms with Gasteiger partial charge in [0.2, 0.25) is 0 Å². The predicted octanol–water partition coefficient (Wildman–Crippen LogP) is 24.8. The van der Waals surface area contributed by atoms with Gasteiger partial charge in [0.1, 0.15) is 13.2 Å². The Bertz CT molecular complexity index is 1500. The van der Waals surface area contributed by atoms with Crippen molar-refractivity contribution in [2.45, 2.75) is 380 Å². The molecular weight excluding hydrogens is 1010 g/mol. The zero-order valence-electron chi connectivity index (χ0n) is 54.8. The maximum absolute atomic E-state index is 12.9. The highest BCUT2D eigenvalue weighted by Crippen LogP contribution is 2.18. The Morgan fingerprint density at radius 3 is 0.768 bits per heavy atom. The molecule has 0 spiro atoms. The number of carbonyl (C=O) groups excluding carboxylic acids is 3. The standard InChI is InChI=1S/C76H136O6/c1-4-7-10-13-16-19-22-25-28-30-32-33-34-35-36-37-38-39-40-41-42-43-45-46-48-51-54-57-60-63-66-69-75(78)81-72-73(71-80-74(77)68-65-62-59-56-53-50-27-24-21-18-15-12-9-6-3)82-76(79)70-67-64-61-58-55-52-49-47-44-31-29-26-23-20-17-14-11-8-5-2/h8,11,17,20,26,29-30,32,44,47,52,55,73H,4-7,9-10,12-16,18-19,21-25,27-28,31,33-43,45-46,48-51,53-54,56-72H2,1-3H3/b11-8-,20-17-,29-26-,32-30-,47-44-,55-52-. The minimum Gasteiger partial charge on any atom is -0.462 e. The zero-order chi connectivity index (χ0) is 59.2. The van der Waals surface area contributed by atoms with E-state index in [0.29, 0.717) is 19.3 Å². The van der Waals surface area contributed by atoms with Crippen LogP contribution < -0.4 is 0 Å². The van der Waals surface area contributed by atoms with Gasteiger partial charge in [-0.1, -0.05) is 338 Å². The fourth-order valence-corrected chi connectivity index (χ4v) is 10.6. The van der Waals surface area contributed by atoms with E-state index in [1.807, 2.05) is 0 Å². The van der Waals surface area contributed by atoms with Crippen LogP contribution in [0, 0.1) is 0 Å². The van der Waals surface area contributed by atoms with E-state index in [4.69, 9.17) is 14.2 Å². The molecule has 0 saturated heterocycles. The molecule has 1 unspecified atom stereocenters. The van der Waals surface area contributed by atoms with E-state index in [2.05, 4.69) is 93.7 Å². The van der Waals surface area contributed by atoms with Crippen LogP contribution >= 0.6 is 0 Å². The zero-order valence-corrected chi connectivity index (χ0v) is 54.8. The van der Waals surface area contributed by atoms with Crippen LogP contribution in [0.5, 0.6) is 0 Å². The first-order valence-electron chi connectivity index (χ1n) is 35.9. The summed E-state index contributed by atoms with van der Waals surface area (Å²) in [7, 11) is 0. The molecule has 0 radical (unpaired) electrons. The topological polar surface area (TPSA) is 78.9 Å². The molecule has 0 heterocycles. The number of hydrogen-bond acceptors (Lipinski definition) is 6. The second-order valence-electron chi connectivity index (χ2n) is 24.1. The molecule has 0 rings (SSSR count). The van der Waals surface area contributed by atoms with Gasteiger partial charge in [-0.25, -0.2) is 0 Å². The van der Waals surface area contributed by atoms with Gasteiger partial charge in [-0.3, -0.25) is 14.4 Å². The van der Waals surface area contributed by atoms with Crippen LogP contribution in [0.25, 0.3) is 0 Å². The lowest BCUT2D eigenvalue weighted by Gasteiger charge is -2.18. The molecule has 0 saturated carbocycles. The lowest BCUT2D eigenvalue weighted by Crippen LogP contribution is -2.30. The van der Waals surface area contributed by atoms with E-state index < -0.39 is 6.10 Å². The number of esters is 3. The average Bonchev–Trinajstić information content (AvgIpc) is 3.47. The quantitative estimate of drug-likeness (QED) is 0.0261. The van der Waals surface area contributed by atoms with Crippen molar-refractivity contribution in [3.8, 4) is 0 Å². The number of unbranched alkanes of at least 4 members (excludes halogenated alkanes) is 43. The smallest absolute Gasteiger partial charge is 0.306 e. The maximum atomic E-state index is 12.9. The number of rotatable bonds is 66. The lowest BCUT2D eigenvalue weighted by atomic mass is 10.0. The molecule has 0 aromatic rings. The average molecular weight is 1150 g/mol. The molecule has 0 amide bonds. The third-order valence-electron chi connectivity index (χ3n) is 15.9. The van der Waals surface area contributed by atoms with Gasteiger partial charge in [0.05, 0.1) is 0 Å². The first kappa shape index (κ1) is 78.8. The molecule has 6 heteroatoms. The van der Waals surface area contributed by atoms with Gasteiger partial charge in [-0.05, 0) is 89.9 Å². The summed E-state index contributed by atoms with van der Waals surface area (Å²) in [6.45, 7) is 6.55. The highest BCUT2D eigenvalue weighted by atomic mass is 16.6. The van der Waals surface area contributed by atoms with Crippen LogP contribution in [0.4, 0.5) is 0 Å². The lowest BCUT2D eigenvalue weighted by molar-refractivity contribution is -0.167. The Morgan fingerprint density at radius 1 is 0.256 bits per heavy atom. The van der Waals surface area contributed by atoms with Crippen LogP contribution in [-0.4, -0.2) is 37.2 Å². The van der Waals surface area contributed by atoms with Gasteiger partial charge < -0.3 is 14.2 Å². The van der Waals surface area contributed by atoms with Crippen LogP contribution in [0.1, 0.15) is 374 Å². The Kier molecular flexibility index (Phi) is 67.6. The van der Waals surface area contributed by atoms with Gasteiger partial charge in [-0.15, -0.1) is 0 Å². The van der Waals surface area contributed by atoms with Crippen molar-refractivity contribution in [1.29, 1.82) is 0 Å². The minimum absolute atomic E-state index is 0.0845. The van der Waals surface area contributed by atoms with Crippen molar-refractivity contribution >= 4 is 17.9 Å². The molecule has 0 N–H and O–H groups in total. The van der Waals surface area contributed by atoms with E-state index in [1.165, 1.54) is 238 Å². The number of carbonyl (C=O) groups is 3. The van der Waals surface area contributed by atoms with E-state index in [9.17, 15) is 14.4 Å². The molecule has 82 heavy (non-hydrogen) atoms. The van der Waals surface area contributed by atoms with Crippen LogP contribution in [-0.2, 0) is 28.6 Å². The third-order valence-corrected chi connectivity index (χ3v) is 15.9. The van der Waals surface area contributed by atoms with Crippen LogP contribution in [0.15, 0.2) is 72.9 Å². The van der Waals surface area contributed by atoms with E-state index in [1.54, 1.807) is 0 Å². The molecule has 0 bridgehead atoms. The van der Waals surface area contributed by atoms with Crippen molar-refractivity contribution < 1.29 is 28.6 Å². The van der Waals surface area contributed by atoms with Crippen LogP contribution in [0.3, 0.4) is 0 Å². The van der Waals surface area contributed by atoms with Crippen molar-refractivity contribution in [3.63, 3.8) is 0 Å². The van der Waals surface area contributed by atoms with Crippen molar-refractivity contribution in [2.24, 2.45) is 0 Å². The molecule has 0 aromatic heterocycles. The summed E-state index contributed by atoms with van der Waals surface area (Å²) in [4.78, 5) is 38.4. The van der Waals surface area contributed by atoms with E-state index in [0.717, 1.165) is 96.3 Å². The third kappa shape index (κ3) is 67.6. The monoisotopic (exact) mass is 1150 g/mol. The van der Waals surface area contributed by atoms with E-state index in [-0.39, 0.29) is 31.1 Å². The van der Waals surface area contributed by atoms with E-state index >= 15 is 0 Å². The maximum Gasteiger partial charge on any atom is 0.306 e. The van der Waals surface area contributed by atoms with Crippen molar-refractivity contribution in [3.05, 3.63) is 72.9 Å². The van der Waals surface area contributed by atoms with Crippen molar-refractivity contribution in [2.75, 3.05) is 13.2 Å². The second-order valence-corrected chi connectivity index (χ2v) is 24.1. The highest BCUT2D eigenvalue weighted by molar-refractivity contribution is 5.71. The molecule has 0 aromatic carbocycles. The first-order valence-corrected chi connectivity index (χ1v) is 35.9. The molecular formula is C76H136O6. The van der Waals surface area contributed by atoms with Gasteiger partial charge in [0.25, 0.3) is 0 Å². The molecule has 476 valence electrons. The number of ether oxygens (including phenoxy) is 3. The molecule has 0 aliphatic heterocycles. The van der Waals surface area contributed by atoms with Gasteiger partial charge in [0.15, 0.2) is 6.10 Å². The Balaban J connectivity index is 4.22. The molecule has 0 aliphatic carbocycles. The Hall–Kier alpha value is -3.15. The molecule has 6 nitrogen and oxygen atoms in total. The molecule has 0 aliphatic rings.